The Morgan fingerprint density at radius 3 is 2.69 bits per heavy atom. The molecule has 1 N–H and O–H groups in total. The van der Waals surface area contributed by atoms with Crippen LogP contribution in [0.15, 0.2) is 41.3 Å². The number of hydrogen-bond donors (Lipinski definition) is 1. The van der Waals surface area contributed by atoms with Gasteiger partial charge in [0.25, 0.3) is 0 Å². The van der Waals surface area contributed by atoms with Crippen molar-refractivity contribution in [3.05, 3.63) is 52.7 Å². The van der Waals surface area contributed by atoms with Gasteiger partial charge in [-0.2, -0.15) is 0 Å². The lowest BCUT2D eigenvalue weighted by atomic mass is 10.2. The molecule has 16 heavy (non-hydrogen) atoms. The average molecular weight is 216 g/mol. The van der Waals surface area contributed by atoms with Crippen molar-refractivity contribution in [3.8, 4) is 5.69 Å². The van der Waals surface area contributed by atoms with E-state index in [1.807, 2.05) is 36.5 Å². The zero-order chi connectivity index (χ0) is 11.4. The zero-order valence-electron chi connectivity index (χ0n) is 9.44. The minimum atomic E-state index is -0.0581. The first-order chi connectivity index (χ1) is 7.81. The Morgan fingerprint density at radius 1 is 1.25 bits per heavy atom. The molecular weight excluding hydrogens is 200 g/mol. The van der Waals surface area contributed by atoms with Crippen LogP contribution in [0, 0.1) is 0 Å². The number of nitrogens with one attached hydrogen (secondary N) is 1. The fraction of sp³-hybridized carbons (Fsp3) is 0.308. The molecular formula is C13H16N2O. The number of aryl methyl sites for hydroxylation is 1. The number of aromatic amines is 1. The maximum atomic E-state index is 11.7. The summed E-state index contributed by atoms with van der Waals surface area (Å²) in [5.41, 5.74) is 1.86. The maximum absolute atomic E-state index is 11.7. The molecule has 0 aliphatic carbocycles. The van der Waals surface area contributed by atoms with Crippen molar-refractivity contribution in [3.63, 3.8) is 0 Å². The third-order valence-corrected chi connectivity index (χ3v) is 2.61. The molecule has 2 rings (SSSR count). The smallest absolute Gasteiger partial charge is 0.310 e. The van der Waals surface area contributed by atoms with Gasteiger partial charge < -0.3 is 4.98 Å². The molecule has 0 fully saturated rings. The van der Waals surface area contributed by atoms with E-state index in [9.17, 15) is 4.79 Å². The Morgan fingerprint density at radius 2 is 2.00 bits per heavy atom. The van der Waals surface area contributed by atoms with Gasteiger partial charge in [-0.1, -0.05) is 31.5 Å². The summed E-state index contributed by atoms with van der Waals surface area (Å²) in [6.45, 7) is 2.15. The lowest BCUT2D eigenvalue weighted by molar-refractivity contribution is 0.779. The van der Waals surface area contributed by atoms with Crippen LogP contribution >= 0.6 is 0 Å². The van der Waals surface area contributed by atoms with Crippen molar-refractivity contribution in [1.82, 2.24) is 9.55 Å². The predicted molar refractivity (Wildman–Crippen MR) is 65.0 cm³/mol. The van der Waals surface area contributed by atoms with E-state index in [-0.39, 0.29) is 5.69 Å². The Labute approximate surface area is 94.7 Å². The number of unbranched alkanes of at least 4 members (excludes halogenated alkanes) is 1. The third kappa shape index (κ3) is 2.24. The van der Waals surface area contributed by atoms with Crippen molar-refractivity contribution >= 4 is 0 Å². The van der Waals surface area contributed by atoms with Crippen LogP contribution in [0.2, 0.25) is 0 Å². The quantitative estimate of drug-likeness (QED) is 0.837. The van der Waals surface area contributed by atoms with E-state index in [4.69, 9.17) is 0 Å². The predicted octanol–water partition coefficient (Wildman–Crippen LogP) is 2.51. The van der Waals surface area contributed by atoms with E-state index < -0.39 is 0 Å². The molecule has 0 spiro atoms. The normalized spacial score (nSPS) is 10.6. The van der Waals surface area contributed by atoms with E-state index in [1.54, 1.807) is 4.57 Å². The molecule has 2 aromatic rings. The van der Waals surface area contributed by atoms with Crippen LogP contribution in [-0.2, 0) is 6.42 Å². The molecule has 0 aliphatic heterocycles. The summed E-state index contributed by atoms with van der Waals surface area (Å²) in [6, 6.07) is 9.66. The number of para-hydroxylation sites is 1. The molecule has 3 nitrogen and oxygen atoms in total. The topological polar surface area (TPSA) is 37.8 Å². The summed E-state index contributed by atoms with van der Waals surface area (Å²) in [7, 11) is 0. The second-order valence-corrected chi connectivity index (χ2v) is 3.89. The van der Waals surface area contributed by atoms with E-state index in [1.165, 1.54) is 0 Å². The van der Waals surface area contributed by atoms with Crippen molar-refractivity contribution < 1.29 is 0 Å². The van der Waals surface area contributed by atoms with Gasteiger partial charge in [0.2, 0.25) is 0 Å². The van der Waals surface area contributed by atoms with Crippen LogP contribution in [-0.4, -0.2) is 9.55 Å². The molecule has 3 heteroatoms. The summed E-state index contributed by atoms with van der Waals surface area (Å²) < 4.78 is 1.66. The molecule has 0 amide bonds. The first-order valence-electron chi connectivity index (χ1n) is 5.67. The maximum Gasteiger partial charge on any atom is 0.330 e. The van der Waals surface area contributed by atoms with Crippen LogP contribution in [0.5, 0.6) is 0 Å². The van der Waals surface area contributed by atoms with Gasteiger partial charge in [0.05, 0.1) is 5.69 Å². The zero-order valence-corrected chi connectivity index (χ0v) is 9.44. The second-order valence-electron chi connectivity index (χ2n) is 3.89. The van der Waals surface area contributed by atoms with Crippen molar-refractivity contribution in [1.29, 1.82) is 0 Å². The lowest BCUT2D eigenvalue weighted by Gasteiger charge is -1.98. The van der Waals surface area contributed by atoms with Crippen LogP contribution in [0.3, 0.4) is 0 Å². The summed E-state index contributed by atoms with van der Waals surface area (Å²) >= 11 is 0. The Hall–Kier alpha value is -1.77. The number of nitrogens with zero attached hydrogens (tertiary/aromatic N) is 1. The molecule has 0 saturated carbocycles. The highest BCUT2D eigenvalue weighted by atomic mass is 16.1. The van der Waals surface area contributed by atoms with E-state index in [0.29, 0.717) is 0 Å². The number of hydrogen-bond acceptors (Lipinski definition) is 1. The summed E-state index contributed by atoms with van der Waals surface area (Å²) in [5.74, 6) is 0. The molecule has 84 valence electrons. The van der Waals surface area contributed by atoms with Crippen molar-refractivity contribution in [2.45, 2.75) is 26.2 Å². The molecule has 0 radical (unpaired) electrons. The highest BCUT2D eigenvalue weighted by molar-refractivity contribution is 5.31. The number of imidazole rings is 1. The molecule has 1 heterocycles. The fourth-order valence-electron chi connectivity index (χ4n) is 1.72. The van der Waals surface area contributed by atoms with E-state index in [2.05, 4.69) is 11.9 Å². The van der Waals surface area contributed by atoms with E-state index >= 15 is 0 Å². The SMILES string of the molecule is CCCCc1cn(-c2ccccc2)c(=O)[nH]1. The summed E-state index contributed by atoms with van der Waals surface area (Å²) in [4.78, 5) is 14.6. The van der Waals surface area contributed by atoms with Gasteiger partial charge in [-0.15, -0.1) is 0 Å². The monoisotopic (exact) mass is 216 g/mol. The fourth-order valence-corrected chi connectivity index (χ4v) is 1.72. The van der Waals surface area contributed by atoms with E-state index in [0.717, 1.165) is 30.6 Å². The summed E-state index contributed by atoms with van der Waals surface area (Å²) in [6.07, 6.45) is 5.08. The molecule has 0 aliphatic rings. The molecule has 0 saturated heterocycles. The van der Waals surface area contributed by atoms with Crippen LogP contribution in [0.25, 0.3) is 5.69 Å². The van der Waals surface area contributed by atoms with Crippen LogP contribution in [0.4, 0.5) is 0 Å². The standard InChI is InChI=1S/C13H16N2O/c1-2-3-7-11-10-15(13(16)14-11)12-8-5-4-6-9-12/h4-6,8-10H,2-3,7H2,1H3,(H,14,16). The highest BCUT2D eigenvalue weighted by Gasteiger charge is 2.03. The molecule has 1 aromatic carbocycles. The van der Waals surface area contributed by atoms with Gasteiger partial charge in [-0.25, -0.2) is 4.79 Å². The Kier molecular flexibility index (Phi) is 3.25. The Balaban J connectivity index is 2.29. The largest absolute Gasteiger partial charge is 0.330 e. The lowest BCUT2D eigenvalue weighted by Crippen LogP contribution is -2.13. The highest BCUT2D eigenvalue weighted by Crippen LogP contribution is 2.06. The average Bonchev–Trinajstić information content (AvgIpc) is 2.69. The first-order valence-corrected chi connectivity index (χ1v) is 5.67. The van der Waals surface area contributed by atoms with Crippen molar-refractivity contribution in [2.24, 2.45) is 0 Å². The van der Waals surface area contributed by atoms with Gasteiger partial charge in [0.15, 0.2) is 0 Å². The van der Waals surface area contributed by atoms with Crippen LogP contribution < -0.4 is 5.69 Å². The van der Waals surface area contributed by atoms with Gasteiger partial charge in [0, 0.05) is 11.9 Å². The molecule has 1 aromatic heterocycles. The third-order valence-electron chi connectivity index (χ3n) is 2.61. The number of benzene rings is 1. The summed E-state index contributed by atoms with van der Waals surface area (Å²) in [5, 5.41) is 0. The number of H-pyrrole nitrogens is 1. The van der Waals surface area contributed by atoms with Gasteiger partial charge in [-0.3, -0.25) is 4.57 Å². The minimum Gasteiger partial charge on any atom is -0.310 e. The van der Waals surface area contributed by atoms with Gasteiger partial charge >= 0.3 is 5.69 Å². The molecule has 0 atom stereocenters. The van der Waals surface area contributed by atoms with Crippen molar-refractivity contribution in [2.75, 3.05) is 0 Å². The number of rotatable bonds is 4. The molecule has 0 unspecified atom stereocenters. The first kappa shape index (κ1) is 10.7. The molecule has 0 bridgehead atoms. The minimum absolute atomic E-state index is 0.0581. The number of aromatic nitrogens is 2. The van der Waals surface area contributed by atoms with Gasteiger partial charge in [0.1, 0.15) is 0 Å². The van der Waals surface area contributed by atoms with Crippen LogP contribution in [0.1, 0.15) is 25.5 Å². The Bertz CT molecular complexity index is 496. The van der Waals surface area contributed by atoms with Gasteiger partial charge in [-0.05, 0) is 25.0 Å². The second kappa shape index (κ2) is 4.84.